The summed E-state index contributed by atoms with van der Waals surface area (Å²) >= 11 is 2.69. The van der Waals surface area contributed by atoms with E-state index in [2.05, 4.69) is 20.5 Å². The second-order valence-electron chi connectivity index (χ2n) is 8.02. The van der Waals surface area contributed by atoms with Gasteiger partial charge in [-0.15, -0.1) is 21.5 Å². The lowest BCUT2D eigenvalue weighted by Gasteiger charge is -2.20. The van der Waals surface area contributed by atoms with E-state index in [1.54, 1.807) is 28.6 Å². The van der Waals surface area contributed by atoms with Crippen molar-refractivity contribution in [1.82, 2.24) is 24.1 Å². The van der Waals surface area contributed by atoms with Gasteiger partial charge in [0.15, 0.2) is 16.1 Å². The van der Waals surface area contributed by atoms with Gasteiger partial charge in [0.25, 0.3) is 0 Å². The van der Waals surface area contributed by atoms with Gasteiger partial charge < -0.3 is 9.88 Å². The van der Waals surface area contributed by atoms with E-state index in [1.165, 1.54) is 23.1 Å². The van der Waals surface area contributed by atoms with Crippen LogP contribution in [0.3, 0.4) is 0 Å². The fourth-order valence-electron chi connectivity index (χ4n) is 3.80. The Morgan fingerprint density at radius 1 is 1.12 bits per heavy atom. The number of sulfonamides is 1. The quantitative estimate of drug-likeness (QED) is 0.447. The molecule has 182 valence electrons. The Labute approximate surface area is 208 Å². The van der Waals surface area contributed by atoms with Crippen molar-refractivity contribution in [3.05, 3.63) is 35.3 Å². The maximum absolute atomic E-state index is 13.0. The number of nitrogens with zero attached hydrogens (tertiary/aromatic N) is 5. The summed E-state index contributed by atoms with van der Waals surface area (Å²) in [6.45, 7) is 5.62. The first-order chi connectivity index (χ1) is 16.4. The topological polar surface area (TPSA) is 110 Å². The zero-order valence-corrected chi connectivity index (χ0v) is 21.7. The number of carbonyl (C=O) groups is 1. The predicted molar refractivity (Wildman–Crippen MR) is 135 cm³/mol. The lowest BCUT2D eigenvalue weighted by atomic mass is 10.2. The Kier molecular flexibility index (Phi) is 8.02. The van der Waals surface area contributed by atoms with Crippen LogP contribution in [0, 0.1) is 6.92 Å². The van der Waals surface area contributed by atoms with E-state index < -0.39 is 10.0 Å². The van der Waals surface area contributed by atoms with Crippen molar-refractivity contribution in [2.45, 2.75) is 56.1 Å². The SMILES string of the molecule is CCn1c(SCC(=O)Nc2nc(C)cs2)nnc1-c1ccc(S(=O)(=O)N2CCCCCC2)cc1. The first-order valence-corrected chi connectivity index (χ1v) is 14.6. The van der Waals surface area contributed by atoms with Crippen LogP contribution in [0.5, 0.6) is 0 Å². The minimum absolute atomic E-state index is 0.158. The molecule has 0 saturated carbocycles. The largest absolute Gasteiger partial charge is 0.302 e. The van der Waals surface area contributed by atoms with Crippen LogP contribution in [-0.2, 0) is 21.4 Å². The summed E-state index contributed by atoms with van der Waals surface area (Å²) in [6, 6.07) is 6.82. The molecule has 3 heterocycles. The standard InChI is InChI=1S/C22H28N6O3S3/c1-3-28-20(25-26-22(28)33-15-19(29)24-21-23-16(2)14-32-21)17-8-10-18(11-9-17)34(30,31)27-12-6-4-5-7-13-27/h8-11,14H,3-7,12-13,15H2,1-2H3,(H,23,24,29). The zero-order valence-electron chi connectivity index (χ0n) is 19.2. The maximum atomic E-state index is 13.0. The fraction of sp³-hybridized carbons (Fsp3) is 0.455. The number of hydrogen-bond acceptors (Lipinski definition) is 8. The van der Waals surface area contributed by atoms with Gasteiger partial charge in [-0.05, 0) is 51.0 Å². The van der Waals surface area contributed by atoms with Crippen molar-refractivity contribution in [2.24, 2.45) is 0 Å². The average molecular weight is 521 g/mol. The lowest BCUT2D eigenvalue weighted by Crippen LogP contribution is -2.31. The van der Waals surface area contributed by atoms with E-state index in [0.29, 0.717) is 40.6 Å². The summed E-state index contributed by atoms with van der Waals surface area (Å²) in [7, 11) is -3.50. The second kappa shape index (κ2) is 11.0. The van der Waals surface area contributed by atoms with Crippen LogP contribution in [0.4, 0.5) is 5.13 Å². The third kappa shape index (κ3) is 5.68. The molecule has 0 bridgehead atoms. The molecule has 0 aliphatic carbocycles. The molecule has 0 spiro atoms. The van der Waals surface area contributed by atoms with Crippen LogP contribution in [0.25, 0.3) is 11.4 Å². The van der Waals surface area contributed by atoms with Crippen LogP contribution in [0.15, 0.2) is 39.7 Å². The number of rotatable bonds is 8. The molecule has 4 rings (SSSR count). The summed E-state index contributed by atoms with van der Waals surface area (Å²) in [4.78, 5) is 16.8. The number of thioether (sulfide) groups is 1. The number of amides is 1. The highest BCUT2D eigenvalue weighted by atomic mass is 32.2. The van der Waals surface area contributed by atoms with Crippen LogP contribution in [0.1, 0.15) is 38.3 Å². The van der Waals surface area contributed by atoms with Gasteiger partial charge in [-0.3, -0.25) is 4.79 Å². The van der Waals surface area contributed by atoms with E-state index in [1.807, 2.05) is 23.8 Å². The number of anilines is 1. The fourth-order valence-corrected chi connectivity index (χ4v) is 6.82. The number of nitrogens with one attached hydrogen (secondary N) is 1. The minimum Gasteiger partial charge on any atom is -0.302 e. The first-order valence-electron chi connectivity index (χ1n) is 11.3. The van der Waals surface area contributed by atoms with Crippen molar-refractivity contribution < 1.29 is 13.2 Å². The molecule has 9 nitrogen and oxygen atoms in total. The van der Waals surface area contributed by atoms with Crippen molar-refractivity contribution in [3.63, 3.8) is 0 Å². The van der Waals surface area contributed by atoms with Gasteiger partial charge in [-0.2, -0.15) is 4.31 Å². The highest BCUT2D eigenvalue weighted by molar-refractivity contribution is 7.99. The molecular weight excluding hydrogens is 492 g/mol. The number of benzene rings is 1. The molecule has 2 aromatic heterocycles. The molecule has 0 atom stereocenters. The van der Waals surface area contributed by atoms with E-state index in [-0.39, 0.29) is 11.7 Å². The smallest absolute Gasteiger partial charge is 0.243 e. The molecule has 1 aliphatic heterocycles. The van der Waals surface area contributed by atoms with Crippen molar-refractivity contribution in [3.8, 4) is 11.4 Å². The van der Waals surface area contributed by atoms with Gasteiger partial charge in [-0.1, -0.05) is 24.6 Å². The molecule has 3 aromatic rings. The zero-order chi connectivity index (χ0) is 24.1. The van der Waals surface area contributed by atoms with E-state index in [9.17, 15) is 13.2 Å². The summed E-state index contributed by atoms with van der Waals surface area (Å²) in [5.41, 5.74) is 1.65. The molecule has 1 fully saturated rings. The number of hydrogen-bond donors (Lipinski definition) is 1. The molecule has 1 aromatic carbocycles. The van der Waals surface area contributed by atoms with Crippen LogP contribution in [0.2, 0.25) is 0 Å². The first kappa shape index (κ1) is 24.8. The summed E-state index contributed by atoms with van der Waals surface area (Å²) in [5, 5.41) is 14.4. The molecule has 0 unspecified atom stereocenters. The van der Waals surface area contributed by atoms with Gasteiger partial charge >= 0.3 is 0 Å². The van der Waals surface area contributed by atoms with E-state index in [4.69, 9.17) is 0 Å². The van der Waals surface area contributed by atoms with Gasteiger partial charge in [0.2, 0.25) is 15.9 Å². The Morgan fingerprint density at radius 3 is 2.44 bits per heavy atom. The molecule has 1 amide bonds. The van der Waals surface area contributed by atoms with Gasteiger partial charge in [0.05, 0.1) is 16.3 Å². The lowest BCUT2D eigenvalue weighted by molar-refractivity contribution is -0.113. The Hall–Kier alpha value is -2.28. The molecule has 1 N–H and O–H groups in total. The monoisotopic (exact) mass is 520 g/mol. The Balaban J connectivity index is 1.45. The van der Waals surface area contributed by atoms with E-state index in [0.717, 1.165) is 36.9 Å². The average Bonchev–Trinajstić information content (AvgIpc) is 3.31. The number of aryl methyl sites for hydroxylation is 1. The van der Waals surface area contributed by atoms with Crippen molar-refractivity contribution in [1.29, 1.82) is 0 Å². The van der Waals surface area contributed by atoms with E-state index >= 15 is 0 Å². The third-order valence-corrected chi connectivity index (χ3v) is 9.30. The predicted octanol–water partition coefficient (Wildman–Crippen LogP) is 4.03. The van der Waals surface area contributed by atoms with Gasteiger partial charge in [0, 0.05) is 30.6 Å². The second-order valence-corrected chi connectivity index (χ2v) is 11.8. The summed E-state index contributed by atoms with van der Waals surface area (Å²) in [6.07, 6.45) is 3.95. The number of thiazole rings is 1. The summed E-state index contributed by atoms with van der Waals surface area (Å²) < 4.78 is 29.6. The molecular formula is C22H28N6O3S3. The van der Waals surface area contributed by atoms with Gasteiger partial charge in [-0.25, -0.2) is 13.4 Å². The minimum atomic E-state index is -3.50. The molecule has 12 heteroatoms. The number of aromatic nitrogens is 4. The summed E-state index contributed by atoms with van der Waals surface area (Å²) in [5.74, 6) is 0.665. The molecule has 1 saturated heterocycles. The molecule has 1 aliphatic rings. The Bertz CT molecular complexity index is 1230. The van der Waals surface area contributed by atoms with Crippen LogP contribution < -0.4 is 5.32 Å². The molecule has 34 heavy (non-hydrogen) atoms. The van der Waals surface area contributed by atoms with Crippen molar-refractivity contribution in [2.75, 3.05) is 24.2 Å². The Morgan fingerprint density at radius 2 is 1.82 bits per heavy atom. The maximum Gasteiger partial charge on any atom is 0.243 e. The number of carbonyl (C=O) groups excluding carboxylic acids is 1. The highest BCUT2D eigenvalue weighted by Crippen LogP contribution is 2.27. The molecule has 0 radical (unpaired) electrons. The van der Waals surface area contributed by atoms with Crippen LogP contribution >= 0.6 is 23.1 Å². The van der Waals surface area contributed by atoms with Crippen LogP contribution in [-0.4, -0.2) is 57.2 Å². The van der Waals surface area contributed by atoms with Gasteiger partial charge in [0.1, 0.15) is 0 Å². The normalized spacial score (nSPS) is 15.2. The van der Waals surface area contributed by atoms with Crippen molar-refractivity contribution >= 4 is 44.2 Å². The highest BCUT2D eigenvalue weighted by Gasteiger charge is 2.25. The third-order valence-electron chi connectivity index (χ3n) is 5.55.